The van der Waals surface area contributed by atoms with E-state index in [-0.39, 0.29) is 27.9 Å². The number of rotatable bonds is 8. The van der Waals surface area contributed by atoms with E-state index in [4.69, 9.17) is 26.1 Å². The first-order valence-electron chi connectivity index (χ1n) is 11.8. The van der Waals surface area contributed by atoms with Crippen molar-refractivity contribution in [2.45, 2.75) is 6.92 Å². The summed E-state index contributed by atoms with van der Waals surface area (Å²) in [6.45, 7) is 2.11. The zero-order valence-electron chi connectivity index (χ0n) is 20.5. The van der Waals surface area contributed by atoms with Crippen LogP contribution in [0.2, 0.25) is 5.02 Å². The normalized spacial score (nSPS) is 11.1. The SMILES string of the molecule is CCOc1cc(C=Nn2c(-c3ccccc3)nc3ccccc3c2=O)cc(Cl)c1Oc1ccc([N+](=O)[O-])cn1. The van der Waals surface area contributed by atoms with Gasteiger partial charge < -0.3 is 9.47 Å². The third-order valence-electron chi connectivity index (χ3n) is 5.58. The fourth-order valence-electron chi connectivity index (χ4n) is 3.80. The van der Waals surface area contributed by atoms with Crippen molar-refractivity contribution in [2.75, 3.05) is 6.61 Å². The molecular weight excluding hydrogens is 522 g/mol. The van der Waals surface area contributed by atoms with Gasteiger partial charge >= 0.3 is 0 Å². The number of halogens is 1. The molecule has 0 bridgehead atoms. The van der Waals surface area contributed by atoms with Gasteiger partial charge in [-0.1, -0.05) is 54.1 Å². The van der Waals surface area contributed by atoms with E-state index >= 15 is 0 Å². The molecule has 0 aliphatic carbocycles. The fraction of sp³-hybridized carbons (Fsp3) is 0.0714. The molecule has 0 saturated heterocycles. The van der Waals surface area contributed by atoms with E-state index in [0.29, 0.717) is 34.6 Å². The monoisotopic (exact) mass is 541 g/mol. The van der Waals surface area contributed by atoms with Crippen LogP contribution in [0.5, 0.6) is 17.4 Å². The smallest absolute Gasteiger partial charge is 0.287 e. The Morgan fingerprint density at radius 1 is 1.08 bits per heavy atom. The van der Waals surface area contributed by atoms with Gasteiger partial charge in [-0.2, -0.15) is 9.78 Å². The van der Waals surface area contributed by atoms with E-state index in [2.05, 4.69) is 10.1 Å². The second-order valence-electron chi connectivity index (χ2n) is 8.16. The molecule has 5 aromatic rings. The van der Waals surface area contributed by atoms with Crippen molar-refractivity contribution in [3.63, 3.8) is 0 Å². The highest BCUT2D eigenvalue weighted by molar-refractivity contribution is 6.32. The Hall–Kier alpha value is -5.09. The largest absolute Gasteiger partial charge is 0.490 e. The maximum Gasteiger partial charge on any atom is 0.287 e. The number of hydrogen-bond acceptors (Lipinski definition) is 8. The molecule has 3 aromatic carbocycles. The number of ether oxygens (including phenoxy) is 2. The zero-order valence-corrected chi connectivity index (χ0v) is 21.3. The number of nitrogens with zero attached hydrogens (tertiary/aromatic N) is 5. The summed E-state index contributed by atoms with van der Waals surface area (Å²) >= 11 is 6.54. The summed E-state index contributed by atoms with van der Waals surface area (Å²) in [4.78, 5) is 32.4. The topological polar surface area (TPSA) is 122 Å². The number of pyridine rings is 1. The number of para-hydroxylation sites is 1. The van der Waals surface area contributed by atoms with E-state index in [0.717, 1.165) is 11.8 Å². The second-order valence-corrected chi connectivity index (χ2v) is 8.56. The molecule has 0 aliphatic heterocycles. The highest BCUT2D eigenvalue weighted by atomic mass is 35.5. The van der Waals surface area contributed by atoms with E-state index < -0.39 is 4.92 Å². The molecule has 2 heterocycles. The van der Waals surface area contributed by atoms with Crippen molar-refractivity contribution < 1.29 is 14.4 Å². The average Bonchev–Trinajstić information content (AvgIpc) is 2.95. The molecule has 10 nitrogen and oxygen atoms in total. The van der Waals surface area contributed by atoms with Crippen molar-refractivity contribution in [3.05, 3.63) is 116 Å². The summed E-state index contributed by atoms with van der Waals surface area (Å²) in [6, 6.07) is 22.3. The Morgan fingerprint density at radius 3 is 2.56 bits per heavy atom. The highest BCUT2D eigenvalue weighted by Crippen LogP contribution is 2.39. The Kier molecular flexibility index (Phi) is 7.28. The summed E-state index contributed by atoms with van der Waals surface area (Å²) in [6.07, 6.45) is 2.57. The van der Waals surface area contributed by atoms with Gasteiger partial charge in [0, 0.05) is 17.7 Å². The summed E-state index contributed by atoms with van der Waals surface area (Å²) in [7, 11) is 0. The lowest BCUT2D eigenvalue weighted by molar-refractivity contribution is -0.385. The first-order valence-corrected chi connectivity index (χ1v) is 12.2. The van der Waals surface area contributed by atoms with Crippen LogP contribution in [-0.2, 0) is 0 Å². The van der Waals surface area contributed by atoms with Crippen molar-refractivity contribution in [1.82, 2.24) is 14.6 Å². The Labute approximate surface area is 226 Å². The van der Waals surface area contributed by atoms with Crippen molar-refractivity contribution in [1.29, 1.82) is 0 Å². The summed E-state index contributed by atoms with van der Waals surface area (Å²) in [5, 5.41) is 16.0. The molecular formula is C28H20ClN5O5. The molecule has 0 radical (unpaired) electrons. The predicted molar refractivity (Wildman–Crippen MR) is 148 cm³/mol. The number of aromatic nitrogens is 3. The van der Waals surface area contributed by atoms with E-state index in [1.807, 2.05) is 36.4 Å². The van der Waals surface area contributed by atoms with Gasteiger partial charge in [0.1, 0.15) is 6.20 Å². The molecule has 2 aromatic heterocycles. The molecule has 0 fully saturated rings. The van der Waals surface area contributed by atoms with Crippen LogP contribution in [0.1, 0.15) is 12.5 Å². The molecule has 0 saturated carbocycles. The zero-order chi connectivity index (χ0) is 27.4. The molecule has 0 unspecified atom stereocenters. The van der Waals surface area contributed by atoms with Crippen molar-refractivity contribution in [3.8, 4) is 28.8 Å². The van der Waals surface area contributed by atoms with Gasteiger partial charge in [-0.25, -0.2) is 9.97 Å². The van der Waals surface area contributed by atoms with Gasteiger partial charge in [-0.15, -0.1) is 0 Å². The minimum Gasteiger partial charge on any atom is -0.490 e. The standard InChI is InChI=1S/C28H20ClN5O5/c1-2-38-24-15-18(14-22(29)26(24)39-25-13-12-20(17-30-25)34(36)37)16-31-33-27(19-8-4-3-5-9-19)32-23-11-7-6-10-21(23)28(33)35/h3-17H,2H2,1H3. The molecule has 0 amide bonds. The molecule has 194 valence electrons. The van der Waals surface area contributed by atoms with Gasteiger partial charge in [0.25, 0.3) is 11.2 Å². The predicted octanol–water partition coefficient (Wildman–Crippen LogP) is 6.09. The Morgan fingerprint density at radius 2 is 1.85 bits per heavy atom. The maximum atomic E-state index is 13.4. The van der Waals surface area contributed by atoms with Crippen LogP contribution in [-0.4, -0.2) is 32.4 Å². The lowest BCUT2D eigenvalue weighted by atomic mass is 10.2. The summed E-state index contributed by atoms with van der Waals surface area (Å²) in [5.74, 6) is 0.979. The van der Waals surface area contributed by atoms with Crippen molar-refractivity contribution in [2.24, 2.45) is 5.10 Å². The van der Waals surface area contributed by atoms with E-state index in [9.17, 15) is 14.9 Å². The Balaban J connectivity index is 1.55. The molecule has 0 spiro atoms. The van der Waals surface area contributed by atoms with Crippen molar-refractivity contribution >= 4 is 34.4 Å². The minimum absolute atomic E-state index is 0.103. The van der Waals surface area contributed by atoms with Crippen LogP contribution in [0.15, 0.2) is 95.0 Å². The maximum absolute atomic E-state index is 13.4. The lowest BCUT2D eigenvalue weighted by Crippen LogP contribution is -2.20. The molecule has 0 atom stereocenters. The lowest BCUT2D eigenvalue weighted by Gasteiger charge is -2.13. The van der Waals surface area contributed by atoms with Crippen LogP contribution < -0.4 is 15.0 Å². The first kappa shape index (κ1) is 25.6. The first-order chi connectivity index (χ1) is 18.9. The van der Waals surface area contributed by atoms with E-state index in [1.54, 1.807) is 37.3 Å². The van der Waals surface area contributed by atoms with Crippen LogP contribution in [0.4, 0.5) is 5.69 Å². The van der Waals surface area contributed by atoms with Gasteiger partial charge in [0.2, 0.25) is 5.88 Å². The number of benzene rings is 3. The number of fused-ring (bicyclic) bond motifs is 1. The molecule has 5 rings (SSSR count). The third kappa shape index (κ3) is 5.46. The highest BCUT2D eigenvalue weighted by Gasteiger charge is 2.16. The quantitative estimate of drug-likeness (QED) is 0.132. The average molecular weight is 542 g/mol. The number of hydrogen-bond donors (Lipinski definition) is 0. The van der Waals surface area contributed by atoms with Gasteiger partial charge in [0.15, 0.2) is 17.3 Å². The minimum atomic E-state index is -0.552. The Bertz CT molecular complexity index is 1760. The van der Waals surface area contributed by atoms with E-state index in [1.165, 1.54) is 23.0 Å². The van der Waals surface area contributed by atoms with Crippen LogP contribution in [0.25, 0.3) is 22.3 Å². The number of nitro groups is 1. The summed E-state index contributed by atoms with van der Waals surface area (Å²) in [5.41, 5.74) is 1.33. The van der Waals surface area contributed by atoms with Gasteiger partial charge in [-0.3, -0.25) is 14.9 Å². The third-order valence-corrected chi connectivity index (χ3v) is 5.86. The summed E-state index contributed by atoms with van der Waals surface area (Å²) < 4.78 is 12.8. The molecule has 0 N–H and O–H groups in total. The van der Waals surface area contributed by atoms with Gasteiger partial charge in [0.05, 0.1) is 33.7 Å². The van der Waals surface area contributed by atoms with Gasteiger partial charge in [-0.05, 0) is 36.8 Å². The molecule has 39 heavy (non-hydrogen) atoms. The van der Waals surface area contributed by atoms with Crippen LogP contribution >= 0.6 is 11.6 Å². The van der Waals surface area contributed by atoms with Crippen LogP contribution in [0.3, 0.4) is 0 Å². The second kappa shape index (κ2) is 11.1. The fourth-order valence-corrected chi connectivity index (χ4v) is 4.06. The molecule has 11 heteroatoms. The molecule has 0 aliphatic rings. The van der Waals surface area contributed by atoms with Crippen LogP contribution in [0, 0.1) is 10.1 Å².